The fourth-order valence-electron chi connectivity index (χ4n) is 0. The van der Waals surface area contributed by atoms with E-state index < -0.39 is 7.82 Å². The van der Waals surface area contributed by atoms with Crippen molar-refractivity contribution in [3.63, 3.8) is 0 Å². The van der Waals surface area contributed by atoms with Crippen LogP contribution in [0.25, 0.3) is 0 Å². The van der Waals surface area contributed by atoms with Gasteiger partial charge in [0.2, 0.25) is 0 Å². The minimum atomic E-state index is -5.39. The Bertz CT molecular complexity index is 60.7. The van der Waals surface area contributed by atoms with Gasteiger partial charge in [-0.05, 0) is 0 Å². The second-order valence-electron chi connectivity index (χ2n) is 0.447. The van der Waals surface area contributed by atoms with Gasteiger partial charge in [0, 0.05) is 0 Å². The third kappa shape index (κ3) is 125. The van der Waals surface area contributed by atoms with Gasteiger partial charge in [-0.2, -0.15) is 7.82 Å². The van der Waals surface area contributed by atoms with Gasteiger partial charge in [-0.3, -0.25) is 0 Å². The van der Waals surface area contributed by atoms with Crippen LogP contribution in [0.15, 0.2) is 0 Å². The summed E-state index contributed by atoms with van der Waals surface area (Å²) in [5.41, 5.74) is 0. The minimum absolute atomic E-state index is 0. The fourth-order valence-corrected chi connectivity index (χ4v) is 0. The Morgan fingerprint density at radius 1 is 0.727 bits per heavy atom. The van der Waals surface area contributed by atoms with Crippen molar-refractivity contribution in [1.82, 2.24) is 0 Å². The second kappa shape index (κ2) is 23.7. The smallest absolute Gasteiger partial charge is 0.822 e. The first-order valence-corrected chi connectivity index (χ1v) is 2.19. The van der Waals surface area contributed by atoms with E-state index in [0.29, 0.717) is 0 Å². The van der Waals surface area contributed by atoms with Crippen molar-refractivity contribution in [2.75, 3.05) is 0 Å². The van der Waals surface area contributed by atoms with Gasteiger partial charge >= 0.3 is 118 Å². The van der Waals surface area contributed by atoms with Crippen LogP contribution in [0.3, 0.4) is 0 Å². The van der Waals surface area contributed by atoms with Crippen molar-refractivity contribution in [3.05, 3.63) is 0 Å². The van der Waals surface area contributed by atoms with E-state index in [1.54, 1.807) is 0 Å². The Balaban J connectivity index is -0.00000000533. The molecule has 0 atom stereocenters. The predicted molar refractivity (Wildman–Crippen MR) is 14.8 cm³/mol. The fraction of sp³-hybridized carbons (Fsp3) is 0. The SMILES string of the molecule is O.O.O=P([O-])([O-])[O-].[Na+].[Na+].[Na+].[Na+]. The van der Waals surface area contributed by atoms with Crippen molar-refractivity contribution >= 4 is 7.82 Å². The maximum atomic E-state index is 8.55. The van der Waals surface area contributed by atoms with Gasteiger partial charge in [-0.15, -0.1) is 0 Å². The van der Waals surface area contributed by atoms with E-state index in [2.05, 4.69) is 0 Å². The summed E-state index contributed by atoms with van der Waals surface area (Å²) in [6, 6.07) is 0. The zero-order valence-corrected chi connectivity index (χ0v) is 16.0. The molecule has 0 aliphatic heterocycles. The molecule has 0 saturated carbocycles. The maximum absolute atomic E-state index is 8.55. The summed E-state index contributed by atoms with van der Waals surface area (Å²) >= 11 is 0. The third-order valence-corrected chi connectivity index (χ3v) is 0. The average molecular weight is 223 g/mol. The molecule has 0 amide bonds. The van der Waals surface area contributed by atoms with Gasteiger partial charge in [0.1, 0.15) is 0 Å². The molecule has 0 spiro atoms. The molecule has 0 aliphatic carbocycles. The van der Waals surface area contributed by atoms with Gasteiger partial charge in [0.15, 0.2) is 0 Å². The van der Waals surface area contributed by atoms with Crippen molar-refractivity contribution in [3.8, 4) is 0 Å². The van der Waals surface area contributed by atoms with Crippen LogP contribution in [0, 0.1) is 0 Å². The number of phosphoric acid groups is 1. The number of hydrogen-bond donors (Lipinski definition) is 0. The molecule has 0 aromatic rings. The predicted octanol–water partition coefficient (Wildman–Crippen LogP) is -16.5. The zero-order valence-electron chi connectivity index (χ0n) is 7.08. The number of hydrogen-bond acceptors (Lipinski definition) is 4. The molecule has 0 radical (unpaired) electrons. The molecule has 6 nitrogen and oxygen atoms in total. The summed E-state index contributed by atoms with van der Waals surface area (Å²) < 4.78 is 8.55. The number of rotatable bonds is 0. The molecule has 0 fully saturated rings. The largest absolute Gasteiger partial charge is 1.00 e. The Kier molecular flexibility index (Phi) is 98.8. The van der Waals surface area contributed by atoms with E-state index in [4.69, 9.17) is 19.2 Å². The van der Waals surface area contributed by atoms with Crippen LogP contribution in [0.4, 0.5) is 0 Å². The molecule has 0 unspecified atom stereocenters. The monoisotopic (exact) mass is 223 g/mol. The molecule has 0 bridgehead atoms. The van der Waals surface area contributed by atoms with Crippen molar-refractivity contribution in [2.45, 2.75) is 0 Å². The molecule has 0 heterocycles. The van der Waals surface area contributed by atoms with Gasteiger partial charge in [-0.1, -0.05) is 0 Å². The van der Waals surface area contributed by atoms with Crippen molar-refractivity contribution in [1.29, 1.82) is 0 Å². The molecular formula is H4Na4O6P+. The zero-order chi connectivity index (χ0) is 4.50. The van der Waals surface area contributed by atoms with E-state index in [0.717, 1.165) is 0 Å². The van der Waals surface area contributed by atoms with E-state index in [9.17, 15) is 0 Å². The summed E-state index contributed by atoms with van der Waals surface area (Å²) in [6.07, 6.45) is 0. The van der Waals surface area contributed by atoms with Crippen LogP contribution < -0.4 is 133 Å². The molecule has 48 valence electrons. The van der Waals surface area contributed by atoms with Gasteiger partial charge in [0.25, 0.3) is 0 Å². The second-order valence-corrected chi connectivity index (χ2v) is 1.34. The molecule has 0 rings (SSSR count). The summed E-state index contributed by atoms with van der Waals surface area (Å²) in [4.78, 5) is 25.6. The van der Waals surface area contributed by atoms with Crippen LogP contribution in [-0.4, -0.2) is 11.0 Å². The van der Waals surface area contributed by atoms with E-state index in [1.165, 1.54) is 0 Å². The summed E-state index contributed by atoms with van der Waals surface area (Å²) in [6.45, 7) is 0. The maximum Gasteiger partial charge on any atom is 1.00 e. The summed E-state index contributed by atoms with van der Waals surface area (Å²) in [7, 11) is -5.39. The first-order valence-electron chi connectivity index (χ1n) is 0.730. The molecule has 0 aromatic carbocycles. The topological polar surface area (TPSA) is 149 Å². The molecule has 0 aliphatic rings. The average Bonchev–Trinajstić information content (AvgIpc) is 0.722. The summed E-state index contributed by atoms with van der Waals surface area (Å²) in [5.74, 6) is 0. The Morgan fingerprint density at radius 3 is 0.727 bits per heavy atom. The Morgan fingerprint density at radius 2 is 0.727 bits per heavy atom. The van der Waals surface area contributed by atoms with Gasteiger partial charge in [0.05, 0.1) is 0 Å². The molecule has 0 saturated heterocycles. The van der Waals surface area contributed by atoms with E-state index >= 15 is 0 Å². The van der Waals surface area contributed by atoms with Crippen LogP contribution >= 0.6 is 7.82 Å². The molecule has 0 aromatic heterocycles. The third-order valence-electron chi connectivity index (χ3n) is 0. The van der Waals surface area contributed by atoms with Crippen LogP contribution in [0.2, 0.25) is 0 Å². The first-order chi connectivity index (χ1) is 2.00. The van der Waals surface area contributed by atoms with Gasteiger partial charge < -0.3 is 30.2 Å². The van der Waals surface area contributed by atoms with Crippen LogP contribution in [0.5, 0.6) is 0 Å². The molecule has 4 N–H and O–H groups in total. The van der Waals surface area contributed by atoms with Crippen molar-refractivity contribution < 1.29 is 148 Å². The van der Waals surface area contributed by atoms with Gasteiger partial charge in [-0.25, -0.2) is 0 Å². The normalized spacial score (nSPS) is 5.36. The quantitative estimate of drug-likeness (QED) is 0.295. The molecule has 11 heavy (non-hydrogen) atoms. The minimum Gasteiger partial charge on any atom is -0.822 e. The van der Waals surface area contributed by atoms with Crippen molar-refractivity contribution in [2.24, 2.45) is 0 Å². The van der Waals surface area contributed by atoms with Crippen LogP contribution in [-0.2, 0) is 4.57 Å². The van der Waals surface area contributed by atoms with E-state index in [-0.39, 0.29) is 129 Å². The molecule has 11 heteroatoms. The summed E-state index contributed by atoms with van der Waals surface area (Å²) in [5, 5.41) is 0. The van der Waals surface area contributed by atoms with E-state index in [1.807, 2.05) is 0 Å². The Labute approximate surface area is 153 Å². The molecular weight excluding hydrogens is 219 g/mol. The Hall–Kier alpha value is 4.03. The first kappa shape index (κ1) is 45.9. The van der Waals surface area contributed by atoms with Crippen LogP contribution in [0.1, 0.15) is 0 Å². The standard InChI is InChI=1S/4Na.H3O4P.2H2O/c;;;;1-5(2,3)4;;/h;;;;(H3,1,2,3,4);2*1H2/q4*+1;;;/p-3.